The van der Waals surface area contributed by atoms with E-state index in [4.69, 9.17) is 11.6 Å². The molecule has 0 aliphatic rings. The van der Waals surface area contributed by atoms with Crippen molar-refractivity contribution in [3.8, 4) is 0 Å². The zero-order chi connectivity index (χ0) is 12.5. The first-order valence-corrected chi connectivity index (χ1v) is 7.05. The number of hydrogen-bond acceptors (Lipinski definition) is 0. The van der Waals surface area contributed by atoms with Gasteiger partial charge in [0.05, 0.1) is 5.02 Å². The molecule has 0 nitrogen and oxygen atoms in total. The van der Waals surface area contributed by atoms with Crippen LogP contribution in [-0.4, -0.2) is 0 Å². The van der Waals surface area contributed by atoms with E-state index in [0.29, 0.717) is 0 Å². The highest BCUT2D eigenvalue weighted by Gasteiger charge is 2.00. The van der Waals surface area contributed by atoms with E-state index in [0.717, 1.165) is 12.0 Å². The van der Waals surface area contributed by atoms with Gasteiger partial charge in [-0.1, -0.05) is 63.1 Å². The van der Waals surface area contributed by atoms with Crippen LogP contribution in [0.2, 0.25) is 5.02 Å². The Labute approximate surface area is 109 Å². The first kappa shape index (κ1) is 14.5. The van der Waals surface area contributed by atoms with Crippen molar-refractivity contribution in [1.29, 1.82) is 0 Å². The highest BCUT2D eigenvalue weighted by atomic mass is 35.5. The van der Waals surface area contributed by atoms with Gasteiger partial charge in [-0.2, -0.15) is 0 Å². The van der Waals surface area contributed by atoms with Crippen LogP contribution >= 0.6 is 11.6 Å². The standard InChI is InChI=1S/C15H22ClF/c1-2-3-4-5-6-7-8-9-13-10-11-15(17)14(16)12-13/h10-12H,2-9H2,1H3. The second-order valence-electron chi connectivity index (χ2n) is 4.62. The summed E-state index contributed by atoms with van der Waals surface area (Å²) in [4.78, 5) is 0. The smallest absolute Gasteiger partial charge is 0.141 e. The first-order chi connectivity index (χ1) is 8.24. The minimum absolute atomic E-state index is 0.241. The molecule has 0 saturated heterocycles. The van der Waals surface area contributed by atoms with Crippen LogP contribution in [0.5, 0.6) is 0 Å². The van der Waals surface area contributed by atoms with Crippen LogP contribution in [0.4, 0.5) is 4.39 Å². The summed E-state index contributed by atoms with van der Waals surface area (Å²) in [5.41, 5.74) is 1.14. The molecule has 0 heterocycles. The zero-order valence-electron chi connectivity index (χ0n) is 10.6. The average Bonchev–Trinajstić information content (AvgIpc) is 2.32. The molecule has 0 bridgehead atoms. The summed E-state index contributed by atoms with van der Waals surface area (Å²) in [6, 6.07) is 5.03. The number of aryl methyl sites for hydroxylation is 1. The van der Waals surface area contributed by atoms with Crippen molar-refractivity contribution < 1.29 is 4.39 Å². The van der Waals surface area contributed by atoms with Crippen molar-refractivity contribution in [3.05, 3.63) is 34.6 Å². The van der Waals surface area contributed by atoms with Gasteiger partial charge in [-0.25, -0.2) is 4.39 Å². The summed E-state index contributed by atoms with van der Waals surface area (Å²) >= 11 is 5.74. The third kappa shape index (κ3) is 6.07. The molecule has 96 valence electrons. The minimum atomic E-state index is -0.324. The lowest BCUT2D eigenvalue weighted by Crippen LogP contribution is -1.88. The molecule has 1 aromatic carbocycles. The molecule has 2 heteroatoms. The quantitative estimate of drug-likeness (QED) is 0.518. The fraction of sp³-hybridized carbons (Fsp3) is 0.600. The maximum atomic E-state index is 12.9. The van der Waals surface area contributed by atoms with Crippen LogP contribution < -0.4 is 0 Å². The Kier molecular flexibility index (Phi) is 7.27. The Hall–Kier alpha value is -0.560. The monoisotopic (exact) mass is 256 g/mol. The largest absolute Gasteiger partial charge is 0.205 e. The number of unbranched alkanes of at least 4 members (excludes halogenated alkanes) is 6. The molecule has 0 saturated carbocycles. The van der Waals surface area contributed by atoms with Crippen LogP contribution in [-0.2, 0) is 6.42 Å². The average molecular weight is 257 g/mol. The van der Waals surface area contributed by atoms with Crippen LogP contribution in [0, 0.1) is 5.82 Å². The Balaban J connectivity index is 2.11. The molecule has 0 radical (unpaired) electrons. The van der Waals surface area contributed by atoms with E-state index in [1.165, 1.54) is 51.0 Å². The van der Waals surface area contributed by atoms with Gasteiger partial charge in [-0.15, -0.1) is 0 Å². The summed E-state index contributed by atoms with van der Waals surface area (Å²) in [5.74, 6) is -0.324. The first-order valence-electron chi connectivity index (χ1n) is 6.68. The van der Waals surface area contributed by atoms with E-state index in [1.807, 2.05) is 6.07 Å². The minimum Gasteiger partial charge on any atom is -0.205 e. The summed E-state index contributed by atoms with van der Waals surface area (Å²) in [6.07, 6.45) is 10.1. The van der Waals surface area contributed by atoms with Gasteiger partial charge in [0.15, 0.2) is 0 Å². The van der Waals surface area contributed by atoms with Crippen molar-refractivity contribution in [2.24, 2.45) is 0 Å². The number of benzene rings is 1. The summed E-state index contributed by atoms with van der Waals surface area (Å²) in [6.45, 7) is 2.23. The zero-order valence-corrected chi connectivity index (χ0v) is 11.4. The number of hydrogen-bond donors (Lipinski definition) is 0. The van der Waals surface area contributed by atoms with Gasteiger partial charge in [0, 0.05) is 0 Å². The van der Waals surface area contributed by atoms with Gasteiger partial charge in [0.25, 0.3) is 0 Å². The predicted octanol–water partition coefficient (Wildman–Crippen LogP) is 5.77. The molecular formula is C15H22ClF. The Morgan fingerprint density at radius 3 is 2.29 bits per heavy atom. The molecule has 1 rings (SSSR count). The van der Waals surface area contributed by atoms with Gasteiger partial charge < -0.3 is 0 Å². The van der Waals surface area contributed by atoms with E-state index >= 15 is 0 Å². The third-order valence-electron chi connectivity index (χ3n) is 3.05. The van der Waals surface area contributed by atoms with Crippen molar-refractivity contribution in [2.45, 2.75) is 58.3 Å². The summed E-state index contributed by atoms with van der Waals surface area (Å²) < 4.78 is 12.9. The lowest BCUT2D eigenvalue weighted by molar-refractivity contribution is 0.588. The molecule has 0 aromatic heterocycles. The molecule has 0 aliphatic heterocycles. The number of halogens is 2. The maximum Gasteiger partial charge on any atom is 0.141 e. The molecule has 0 fully saturated rings. The van der Waals surface area contributed by atoms with Gasteiger partial charge in [0.1, 0.15) is 5.82 Å². The lowest BCUT2D eigenvalue weighted by atomic mass is 10.0. The lowest BCUT2D eigenvalue weighted by Gasteiger charge is -2.03. The molecule has 0 N–H and O–H groups in total. The van der Waals surface area contributed by atoms with Gasteiger partial charge in [-0.05, 0) is 30.5 Å². The molecular weight excluding hydrogens is 235 g/mol. The van der Waals surface area contributed by atoms with Gasteiger partial charge >= 0.3 is 0 Å². The van der Waals surface area contributed by atoms with Crippen LogP contribution in [0.1, 0.15) is 57.4 Å². The Bertz CT molecular complexity index is 323. The van der Waals surface area contributed by atoms with E-state index < -0.39 is 0 Å². The van der Waals surface area contributed by atoms with Crippen molar-refractivity contribution in [1.82, 2.24) is 0 Å². The maximum absolute atomic E-state index is 12.9. The second-order valence-corrected chi connectivity index (χ2v) is 5.03. The van der Waals surface area contributed by atoms with E-state index in [9.17, 15) is 4.39 Å². The SMILES string of the molecule is CCCCCCCCCc1ccc(F)c(Cl)c1. The topological polar surface area (TPSA) is 0 Å². The summed E-state index contributed by atoms with van der Waals surface area (Å²) in [7, 11) is 0. The normalized spacial score (nSPS) is 10.8. The molecule has 0 amide bonds. The molecule has 17 heavy (non-hydrogen) atoms. The second kappa shape index (κ2) is 8.52. The molecule has 0 spiro atoms. The third-order valence-corrected chi connectivity index (χ3v) is 3.34. The Morgan fingerprint density at radius 1 is 1.00 bits per heavy atom. The molecule has 0 atom stereocenters. The highest BCUT2D eigenvalue weighted by molar-refractivity contribution is 6.30. The fourth-order valence-corrected chi connectivity index (χ4v) is 2.18. The number of rotatable bonds is 8. The van der Waals surface area contributed by atoms with Crippen molar-refractivity contribution in [3.63, 3.8) is 0 Å². The fourth-order valence-electron chi connectivity index (χ4n) is 1.98. The van der Waals surface area contributed by atoms with Gasteiger partial charge in [-0.3, -0.25) is 0 Å². The van der Waals surface area contributed by atoms with E-state index in [1.54, 1.807) is 6.07 Å². The molecule has 0 aliphatic carbocycles. The summed E-state index contributed by atoms with van der Waals surface area (Å²) in [5, 5.41) is 0.241. The van der Waals surface area contributed by atoms with Crippen LogP contribution in [0.15, 0.2) is 18.2 Å². The van der Waals surface area contributed by atoms with E-state index in [-0.39, 0.29) is 10.8 Å². The van der Waals surface area contributed by atoms with Crippen molar-refractivity contribution in [2.75, 3.05) is 0 Å². The van der Waals surface area contributed by atoms with Crippen molar-refractivity contribution >= 4 is 11.6 Å². The molecule has 1 aromatic rings. The Morgan fingerprint density at radius 2 is 1.65 bits per heavy atom. The predicted molar refractivity (Wildman–Crippen MR) is 73.1 cm³/mol. The van der Waals surface area contributed by atoms with Gasteiger partial charge in [0.2, 0.25) is 0 Å². The highest BCUT2D eigenvalue weighted by Crippen LogP contribution is 2.18. The van der Waals surface area contributed by atoms with E-state index in [2.05, 4.69) is 6.92 Å². The molecule has 0 unspecified atom stereocenters. The van der Waals surface area contributed by atoms with Crippen LogP contribution in [0.3, 0.4) is 0 Å². The van der Waals surface area contributed by atoms with Crippen LogP contribution in [0.25, 0.3) is 0 Å².